The summed E-state index contributed by atoms with van der Waals surface area (Å²) in [6.07, 6.45) is 6.18. The minimum Gasteiger partial charge on any atom is -0.339 e. The number of aromatic nitrogens is 3. The van der Waals surface area contributed by atoms with Gasteiger partial charge in [0.15, 0.2) is 5.82 Å². The second-order valence-electron chi connectivity index (χ2n) is 7.25. The number of hydrogen-bond donors (Lipinski definition) is 2. The van der Waals surface area contributed by atoms with Crippen molar-refractivity contribution >= 4 is 23.6 Å². The molecule has 0 spiro atoms. The van der Waals surface area contributed by atoms with Gasteiger partial charge in [0.25, 0.3) is 0 Å². The average Bonchev–Trinajstić information content (AvgIpc) is 3.33. The summed E-state index contributed by atoms with van der Waals surface area (Å²) >= 11 is 0. The van der Waals surface area contributed by atoms with Crippen LogP contribution < -0.4 is 5.32 Å². The molecule has 0 unspecified atom stereocenters. The molecule has 2 aromatic carbocycles. The Labute approximate surface area is 174 Å². The minimum absolute atomic E-state index is 0.0162. The van der Waals surface area contributed by atoms with Gasteiger partial charge >= 0.3 is 0 Å². The molecule has 1 saturated heterocycles. The van der Waals surface area contributed by atoms with E-state index in [1.54, 1.807) is 11.0 Å². The van der Waals surface area contributed by atoms with Crippen molar-refractivity contribution in [1.82, 2.24) is 20.1 Å². The lowest BCUT2D eigenvalue weighted by Crippen LogP contribution is -2.40. The van der Waals surface area contributed by atoms with E-state index in [0.717, 1.165) is 16.8 Å². The fourth-order valence-corrected chi connectivity index (χ4v) is 3.53. The van der Waals surface area contributed by atoms with Crippen molar-refractivity contribution < 1.29 is 9.59 Å². The van der Waals surface area contributed by atoms with Crippen molar-refractivity contribution in [3.05, 3.63) is 72.6 Å². The van der Waals surface area contributed by atoms with Crippen molar-refractivity contribution in [1.29, 1.82) is 0 Å². The molecule has 3 aromatic rings. The Morgan fingerprint density at radius 1 is 1.07 bits per heavy atom. The predicted octanol–water partition coefficient (Wildman–Crippen LogP) is 3.36. The van der Waals surface area contributed by atoms with Gasteiger partial charge in [0.05, 0.1) is 0 Å². The van der Waals surface area contributed by atoms with Crippen molar-refractivity contribution in [2.24, 2.45) is 5.92 Å². The first-order chi connectivity index (χ1) is 14.7. The third-order valence-electron chi connectivity index (χ3n) is 5.21. The number of carbonyl (C=O) groups excluding carboxylic acids is 2. The summed E-state index contributed by atoms with van der Waals surface area (Å²) in [6.45, 7) is 1.16. The van der Waals surface area contributed by atoms with Crippen LogP contribution in [0, 0.1) is 5.92 Å². The molecule has 0 saturated carbocycles. The maximum absolute atomic E-state index is 12.7. The fraction of sp³-hybridized carbons (Fsp3) is 0.217. The maximum atomic E-state index is 12.7. The molecular weight excluding hydrogens is 378 g/mol. The van der Waals surface area contributed by atoms with Crippen LogP contribution in [0.5, 0.6) is 0 Å². The summed E-state index contributed by atoms with van der Waals surface area (Å²) in [7, 11) is 0. The van der Waals surface area contributed by atoms with Gasteiger partial charge in [-0.05, 0) is 36.6 Å². The highest BCUT2D eigenvalue weighted by Gasteiger charge is 2.26. The van der Waals surface area contributed by atoms with Crippen LogP contribution >= 0.6 is 0 Å². The number of piperidine rings is 1. The number of hydrogen-bond acceptors (Lipinski definition) is 4. The molecule has 4 rings (SSSR count). The third kappa shape index (κ3) is 4.81. The van der Waals surface area contributed by atoms with E-state index in [0.29, 0.717) is 31.8 Å². The third-order valence-corrected chi connectivity index (χ3v) is 5.21. The zero-order valence-electron chi connectivity index (χ0n) is 16.5. The van der Waals surface area contributed by atoms with Crippen molar-refractivity contribution in [2.75, 3.05) is 18.4 Å². The van der Waals surface area contributed by atoms with E-state index in [1.807, 2.05) is 60.7 Å². The number of anilines is 1. The number of rotatable bonds is 5. The van der Waals surface area contributed by atoms with E-state index in [9.17, 15) is 9.59 Å². The van der Waals surface area contributed by atoms with Gasteiger partial charge in [-0.3, -0.25) is 14.7 Å². The summed E-state index contributed by atoms with van der Waals surface area (Å²) in [4.78, 5) is 31.0. The monoisotopic (exact) mass is 401 g/mol. The molecule has 0 aliphatic carbocycles. The van der Waals surface area contributed by atoms with Crippen LogP contribution in [0.3, 0.4) is 0 Å². The van der Waals surface area contributed by atoms with Crippen LogP contribution in [0.25, 0.3) is 17.5 Å². The Morgan fingerprint density at radius 3 is 2.60 bits per heavy atom. The molecule has 2 heterocycles. The summed E-state index contributed by atoms with van der Waals surface area (Å²) in [5, 5.41) is 9.66. The average molecular weight is 401 g/mol. The highest BCUT2D eigenvalue weighted by Crippen LogP contribution is 2.22. The van der Waals surface area contributed by atoms with Crippen LogP contribution in [0.2, 0.25) is 0 Å². The Hall–Kier alpha value is -3.74. The van der Waals surface area contributed by atoms with Crippen molar-refractivity contribution in [3.8, 4) is 11.4 Å². The van der Waals surface area contributed by atoms with E-state index in [1.165, 1.54) is 6.33 Å². The first kappa shape index (κ1) is 19.6. The topological polar surface area (TPSA) is 91.0 Å². The van der Waals surface area contributed by atoms with Gasteiger partial charge in [0.2, 0.25) is 11.8 Å². The van der Waals surface area contributed by atoms with E-state index in [2.05, 4.69) is 20.5 Å². The molecule has 1 aliphatic heterocycles. The van der Waals surface area contributed by atoms with Crippen LogP contribution in [-0.4, -0.2) is 45.0 Å². The van der Waals surface area contributed by atoms with Gasteiger partial charge in [-0.2, -0.15) is 5.10 Å². The first-order valence-corrected chi connectivity index (χ1v) is 9.98. The van der Waals surface area contributed by atoms with Gasteiger partial charge < -0.3 is 10.2 Å². The van der Waals surface area contributed by atoms with E-state index < -0.39 is 0 Å². The lowest BCUT2D eigenvalue weighted by molar-refractivity contribution is -0.130. The Morgan fingerprint density at radius 2 is 1.87 bits per heavy atom. The molecule has 30 heavy (non-hydrogen) atoms. The summed E-state index contributed by atoms with van der Waals surface area (Å²) in [5.41, 5.74) is 2.57. The summed E-state index contributed by atoms with van der Waals surface area (Å²) in [5.74, 6) is 0.511. The van der Waals surface area contributed by atoms with Crippen LogP contribution in [0.15, 0.2) is 67.0 Å². The molecular formula is C23H23N5O2. The Balaban J connectivity index is 1.30. The van der Waals surface area contributed by atoms with E-state index >= 15 is 0 Å². The molecule has 0 bridgehead atoms. The lowest BCUT2D eigenvalue weighted by atomic mass is 9.95. The molecule has 7 heteroatoms. The zero-order chi connectivity index (χ0) is 20.8. The maximum Gasteiger partial charge on any atom is 0.246 e. The van der Waals surface area contributed by atoms with E-state index in [4.69, 9.17) is 0 Å². The molecule has 1 aliphatic rings. The number of carbonyl (C=O) groups is 2. The predicted molar refractivity (Wildman–Crippen MR) is 115 cm³/mol. The molecule has 2 amide bonds. The smallest absolute Gasteiger partial charge is 0.246 e. The van der Waals surface area contributed by atoms with Crippen molar-refractivity contribution in [2.45, 2.75) is 12.8 Å². The van der Waals surface area contributed by atoms with Gasteiger partial charge in [0.1, 0.15) is 6.33 Å². The quantitative estimate of drug-likeness (QED) is 0.642. The molecule has 7 nitrogen and oxygen atoms in total. The van der Waals surface area contributed by atoms with Gasteiger partial charge in [0, 0.05) is 36.3 Å². The second-order valence-corrected chi connectivity index (χ2v) is 7.25. The molecule has 152 valence electrons. The number of likely N-dealkylation sites (tertiary alicyclic amines) is 1. The Kier molecular flexibility index (Phi) is 5.98. The largest absolute Gasteiger partial charge is 0.339 e. The summed E-state index contributed by atoms with van der Waals surface area (Å²) in [6, 6.07) is 17.2. The second kappa shape index (κ2) is 9.17. The van der Waals surface area contributed by atoms with Gasteiger partial charge in [-0.1, -0.05) is 42.5 Å². The molecule has 1 aromatic heterocycles. The lowest BCUT2D eigenvalue weighted by Gasteiger charge is -2.30. The number of nitrogens with zero attached hydrogens (tertiary/aromatic N) is 3. The van der Waals surface area contributed by atoms with Gasteiger partial charge in [-0.15, -0.1) is 0 Å². The highest BCUT2D eigenvalue weighted by atomic mass is 16.2. The van der Waals surface area contributed by atoms with Gasteiger partial charge in [-0.25, -0.2) is 4.98 Å². The normalized spacial score (nSPS) is 14.7. The molecule has 1 fully saturated rings. The fourth-order valence-electron chi connectivity index (χ4n) is 3.53. The number of aromatic amines is 1. The number of benzene rings is 2. The number of nitrogens with one attached hydrogen (secondary N) is 2. The molecule has 2 N–H and O–H groups in total. The minimum atomic E-state index is -0.110. The summed E-state index contributed by atoms with van der Waals surface area (Å²) < 4.78 is 0. The Bertz CT molecular complexity index is 1020. The zero-order valence-corrected chi connectivity index (χ0v) is 16.5. The standard InChI is InChI=1S/C23H23N5O2/c29-21(10-9-17-5-2-1-3-6-17)28-13-11-18(12-14-28)23(30)26-20-8-4-7-19(15-20)22-24-16-25-27-22/h1-10,15-16,18H,11-14H2,(H,26,30)(H,24,25,27). The SMILES string of the molecule is O=C(Nc1cccc(-c2ncn[nH]2)c1)C1CCN(C(=O)C=Cc2ccccc2)CC1. The van der Waals surface area contributed by atoms with Crippen LogP contribution in [0.1, 0.15) is 18.4 Å². The molecule has 0 radical (unpaired) electrons. The van der Waals surface area contributed by atoms with Crippen LogP contribution in [0.4, 0.5) is 5.69 Å². The number of H-pyrrole nitrogens is 1. The van der Waals surface area contributed by atoms with E-state index in [-0.39, 0.29) is 17.7 Å². The van der Waals surface area contributed by atoms with Crippen molar-refractivity contribution in [3.63, 3.8) is 0 Å². The first-order valence-electron chi connectivity index (χ1n) is 9.98. The van der Waals surface area contributed by atoms with Crippen LogP contribution in [-0.2, 0) is 9.59 Å². The highest BCUT2D eigenvalue weighted by molar-refractivity contribution is 5.94. The molecule has 0 atom stereocenters. The number of amides is 2.